The Morgan fingerprint density at radius 3 is 2.56 bits per heavy atom. The maximum Gasteiger partial charge on any atom is 0.0900 e. The van der Waals surface area contributed by atoms with E-state index in [9.17, 15) is 5.11 Å². The quantitative estimate of drug-likeness (QED) is 0.882. The number of aliphatic hydroxyl groups is 1. The second kappa shape index (κ2) is 6.13. The zero-order valence-corrected chi connectivity index (χ0v) is 12.4. The molecule has 1 fully saturated rings. The molecular formula is C14H24N2OS. The van der Waals surface area contributed by atoms with E-state index in [-0.39, 0.29) is 6.10 Å². The Balaban J connectivity index is 1.81. The van der Waals surface area contributed by atoms with Crippen molar-refractivity contribution < 1.29 is 5.11 Å². The van der Waals surface area contributed by atoms with Crippen LogP contribution in [0.3, 0.4) is 0 Å². The van der Waals surface area contributed by atoms with E-state index in [4.69, 9.17) is 0 Å². The first kappa shape index (κ1) is 14.0. The molecule has 0 spiro atoms. The Bertz CT molecular complexity index is 383. The molecule has 0 radical (unpaired) electrons. The van der Waals surface area contributed by atoms with Crippen LogP contribution in [0.4, 0.5) is 0 Å². The minimum absolute atomic E-state index is 0.0536. The van der Waals surface area contributed by atoms with E-state index in [1.807, 2.05) is 0 Å². The fraction of sp³-hybridized carbons (Fsp3) is 0.786. The first-order valence-corrected chi connectivity index (χ1v) is 7.73. The molecule has 18 heavy (non-hydrogen) atoms. The number of nitrogens with zero attached hydrogens (tertiary/aromatic N) is 1. The van der Waals surface area contributed by atoms with Gasteiger partial charge in [-0.15, -0.1) is 11.3 Å². The fourth-order valence-corrected chi connectivity index (χ4v) is 3.65. The van der Waals surface area contributed by atoms with Gasteiger partial charge in [-0.2, -0.15) is 0 Å². The molecule has 3 nitrogen and oxygen atoms in total. The van der Waals surface area contributed by atoms with E-state index in [1.165, 1.54) is 10.6 Å². The van der Waals surface area contributed by atoms with E-state index >= 15 is 0 Å². The smallest absolute Gasteiger partial charge is 0.0900 e. The number of hydrogen-bond donors (Lipinski definition) is 2. The van der Waals surface area contributed by atoms with Gasteiger partial charge in [-0.3, -0.25) is 0 Å². The van der Waals surface area contributed by atoms with Crippen LogP contribution < -0.4 is 5.32 Å². The van der Waals surface area contributed by atoms with Crippen molar-refractivity contribution in [2.75, 3.05) is 6.54 Å². The molecule has 1 aromatic rings. The number of thiazole rings is 1. The van der Waals surface area contributed by atoms with Gasteiger partial charge in [-0.05, 0) is 58.9 Å². The summed E-state index contributed by atoms with van der Waals surface area (Å²) in [6.45, 7) is 7.45. The molecule has 1 aliphatic carbocycles. The molecule has 102 valence electrons. The van der Waals surface area contributed by atoms with Crippen molar-refractivity contribution in [3.05, 3.63) is 15.6 Å². The number of nitrogens with one attached hydrogen (secondary N) is 1. The van der Waals surface area contributed by atoms with Crippen LogP contribution in [-0.2, 0) is 0 Å². The number of rotatable bonds is 4. The Morgan fingerprint density at radius 2 is 2.00 bits per heavy atom. The van der Waals surface area contributed by atoms with Crippen LogP contribution in [0.1, 0.15) is 54.2 Å². The zero-order valence-electron chi connectivity index (χ0n) is 11.6. The maximum absolute atomic E-state index is 9.49. The molecule has 1 aromatic heterocycles. The molecule has 4 heteroatoms. The van der Waals surface area contributed by atoms with Crippen LogP contribution in [0.5, 0.6) is 0 Å². The van der Waals surface area contributed by atoms with E-state index in [0.29, 0.717) is 6.04 Å². The van der Waals surface area contributed by atoms with Gasteiger partial charge in [-0.1, -0.05) is 0 Å². The number of aromatic nitrogens is 1. The van der Waals surface area contributed by atoms with E-state index in [2.05, 4.69) is 31.1 Å². The minimum Gasteiger partial charge on any atom is -0.393 e. The second-order valence-electron chi connectivity index (χ2n) is 5.48. The highest BCUT2D eigenvalue weighted by Gasteiger charge is 2.20. The Labute approximate surface area is 114 Å². The molecule has 1 unspecified atom stereocenters. The van der Waals surface area contributed by atoms with Crippen molar-refractivity contribution in [3.8, 4) is 0 Å². The largest absolute Gasteiger partial charge is 0.393 e. The summed E-state index contributed by atoms with van der Waals surface area (Å²) in [4.78, 5) is 5.93. The van der Waals surface area contributed by atoms with Gasteiger partial charge in [0.1, 0.15) is 0 Å². The van der Waals surface area contributed by atoms with Gasteiger partial charge in [0.2, 0.25) is 0 Å². The summed E-state index contributed by atoms with van der Waals surface area (Å²) in [7, 11) is 0. The molecule has 2 rings (SSSR count). The maximum atomic E-state index is 9.49. The summed E-state index contributed by atoms with van der Waals surface area (Å²) in [6, 6.07) is 0.335. The van der Waals surface area contributed by atoms with Gasteiger partial charge in [0.25, 0.3) is 0 Å². The summed E-state index contributed by atoms with van der Waals surface area (Å²) >= 11 is 1.78. The fourth-order valence-electron chi connectivity index (χ4n) is 2.74. The third-order valence-corrected chi connectivity index (χ3v) is 4.78. The highest BCUT2D eigenvalue weighted by atomic mass is 32.1. The van der Waals surface area contributed by atoms with Gasteiger partial charge < -0.3 is 10.4 Å². The molecule has 1 heterocycles. The first-order chi connectivity index (χ1) is 8.56. The SMILES string of the molecule is Cc1nc(C(C)NCC2CCC(O)CC2)c(C)s1. The predicted octanol–water partition coefficient (Wildman–Crippen LogP) is 2.96. The molecule has 0 saturated heterocycles. The van der Waals surface area contributed by atoms with Crippen molar-refractivity contribution in [1.82, 2.24) is 10.3 Å². The number of aliphatic hydroxyl groups excluding tert-OH is 1. The molecule has 0 amide bonds. The molecule has 0 bridgehead atoms. The van der Waals surface area contributed by atoms with Crippen LogP contribution in [0, 0.1) is 19.8 Å². The van der Waals surface area contributed by atoms with Gasteiger partial charge in [0, 0.05) is 10.9 Å². The second-order valence-corrected chi connectivity index (χ2v) is 6.89. The minimum atomic E-state index is -0.0536. The third kappa shape index (κ3) is 3.53. The first-order valence-electron chi connectivity index (χ1n) is 6.91. The van der Waals surface area contributed by atoms with E-state index in [1.54, 1.807) is 11.3 Å². The van der Waals surface area contributed by atoms with Crippen molar-refractivity contribution in [2.24, 2.45) is 5.92 Å². The number of aryl methyl sites for hydroxylation is 2. The molecule has 0 aliphatic heterocycles. The lowest BCUT2D eigenvalue weighted by molar-refractivity contribution is 0.107. The van der Waals surface area contributed by atoms with Crippen molar-refractivity contribution in [3.63, 3.8) is 0 Å². The van der Waals surface area contributed by atoms with Gasteiger partial charge in [-0.25, -0.2) is 4.98 Å². The summed E-state index contributed by atoms with van der Waals surface area (Å²) in [5.74, 6) is 0.718. The van der Waals surface area contributed by atoms with Crippen molar-refractivity contribution >= 4 is 11.3 Å². The monoisotopic (exact) mass is 268 g/mol. The number of hydrogen-bond acceptors (Lipinski definition) is 4. The standard InChI is InChI=1S/C14H24N2OS/c1-9(14-10(2)18-11(3)16-14)15-8-12-4-6-13(17)7-5-12/h9,12-13,15,17H,4-8H2,1-3H3. The summed E-state index contributed by atoms with van der Waals surface area (Å²) < 4.78 is 0. The Morgan fingerprint density at radius 1 is 1.33 bits per heavy atom. The summed E-state index contributed by atoms with van der Waals surface area (Å²) in [6.07, 6.45) is 4.18. The van der Waals surface area contributed by atoms with Crippen molar-refractivity contribution in [2.45, 2.75) is 58.6 Å². The van der Waals surface area contributed by atoms with Crippen LogP contribution in [0.25, 0.3) is 0 Å². The Kier molecular flexibility index (Phi) is 4.76. The highest BCUT2D eigenvalue weighted by Crippen LogP contribution is 2.26. The summed E-state index contributed by atoms with van der Waals surface area (Å²) in [5.41, 5.74) is 1.20. The summed E-state index contributed by atoms with van der Waals surface area (Å²) in [5, 5.41) is 14.2. The zero-order chi connectivity index (χ0) is 13.1. The lowest BCUT2D eigenvalue weighted by Gasteiger charge is -2.26. The van der Waals surface area contributed by atoms with Gasteiger partial charge in [0.05, 0.1) is 16.8 Å². The van der Waals surface area contributed by atoms with Gasteiger partial charge >= 0.3 is 0 Å². The molecule has 0 aromatic carbocycles. The average molecular weight is 268 g/mol. The molecular weight excluding hydrogens is 244 g/mol. The van der Waals surface area contributed by atoms with Crippen LogP contribution in [0.2, 0.25) is 0 Å². The predicted molar refractivity (Wildman–Crippen MR) is 76.0 cm³/mol. The Hall–Kier alpha value is -0.450. The lowest BCUT2D eigenvalue weighted by atomic mass is 9.87. The van der Waals surface area contributed by atoms with Crippen LogP contribution >= 0.6 is 11.3 Å². The third-order valence-electron chi connectivity index (χ3n) is 3.88. The van der Waals surface area contributed by atoms with Crippen molar-refractivity contribution in [1.29, 1.82) is 0 Å². The van der Waals surface area contributed by atoms with Crippen LogP contribution in [-0.4, -0.2) is 22.7 Å². The highest BCUT2D eigenvalue weighted by molar-refractivity contribution is 7.11. The average Bonchev–Trinajstić information content (AvgIpc) is 2.67. The molecule has 1 saturated carbocycles. The van der Waals surface area contributed by atoms with Gasteiger partial charge in [0.15, 0.2) is 0 Å². The lowest BCUT2D eigenvalue weighted by Crippen LogP contribution is -2.30. The van der Waals surface area contributed by atoms with Crippen LogP contribution in [0.15, 0.2) is 0 Å². The van der Waals surface area contributed by atoms with E-state index in [0.717, 1.165) is 43.2 Å². The topological polar surface area (TPSA) is 45.2 Å². The van der Waals surface area contributed by atoms with E-state index < -0.39 is 0 Å². The molecule has 1 aliphatic rings. The molecule has 2 N–H and O–H groups in total. The molecule has 1 atom stereocenters. The normalized spacial score (nSPS) is 26.2.